The summed E-state index contributed by atoms with van der Waals surface area (Å²) in [7, 11) is 0. The van der Waals surface area contributed by atoms with E-state index in [-0.39, 0.29) is 12.4 Å². The maximum absolute atomic E-state index is 5.60. The van der Waals surface area contributed by atoms with Crippen molar-refractivity contribution in [2.45, 2.75) is 26.2 Å². The van der Waals surface area contributed by atoms with Gasteiger partial charge in [-0.2, -0.15) is 0 Å². The highest BCUT2D eigenvalue weighted by Crippen LogP contribution is 2.01. The van der Waals surface area contributed by atoms with Crippen LogP contribution in [0.25, 0.3) is 0 Å². The topological polar surface area (TPSA) is 61.9 Å². The molecular formula is C7H15ClN4. The van der Waals surface area contributed by atoms with Gasteiger partial charge < -0.3 is 24.1 Å². The van der Waals surface area contributed by atoms with Gasteiger partial charge in [0.1, 0.15) is 0 Å². The molecule has 1 rings (SSSR count). The predicted molar refractivity (Wildman–Crippen MR) is 45.7 cm³/mol. The zero-order valence-electron chi connectivity index (χ0n) is 7.20. The Morgan fingerprint density at radius 1 is 1.25 bits per heavy atom. The van der Waals surface area contributed by atoms with Crippen LogP contribution in [0.3, 0.4) is 0 Å². The van der Waals surface area contributed by atoms with Crippen molar-refractivity contribution in [1.82, 2.24) is 9.35 Å². The molecule has 0 aliphatic heterocycles. The highest BCUT2D eigenvalue weighted by atomic mass is 35.5. The Labute approximate surface area is 78.5 Å². The standard InChI is InChI=1S/C7H15N4.ClH/c1-2-3-4-7-10(8)5-6-11(7)9;/h5-6H,2-4,8-9H2,1H3;1H/q+1;/p-1. The van der Waals surface area contributed by atoms with E-state index in [2.05, 4.69) is 6.92 Å². The number of rotatable bonds is 3. The Kier molecular flexibility index (Phi) is 4.51. The lowest BCUT2D eigenvalue weighted by molar-refractivity contribution is -0.00000248. The molecule has 1 heterocycles. The summed E-state index contributed by atoms with van der Waals surface area (Å²) in [5, 5.41) is 0. The van der Waals surface area contributed by atoms with Crippen molar-refractivity contribution in [2.24, 2.45) is 0 Å². The van der Waals surface area contributed by atoms with Gasteiger partial charge in [0, 0.05) is 0 Å². The third-order valence-corrected chi connectivity index (χ3v) is 1.74. The largest absolute Gasteiger partial charge is 1.00 e. The Morgan fingerprint density at radius 2 is 1.75 bits per heavy atom. The number of nitrogens with two attached hydrogens (primary N) is 2. The second-order valence-corrected chi connectivity index (χ2v) is 2.63. The third-order valence-electron chi connectivity index (χ3n) is 1.74. The molecule has 12 heavy (non-hydrogen) atoms. The molecule has 0 aromatic carbocycles. The molecule has 5 heteroatoms. The van der Waals surface area contributed by atoms with Gasteiger partial charge in [-0.3, -0.25) is 0 Å². The van der Waals surface area contributed by atoms with Crippen molar-refractivity contribution in [3.05, 3.63) is 18.2 Å². The monoisotopic (exact) mass is 190 g/mol. The minimum Gasteiger partial charge on any atom is -1.00 e. The van der Waals surface area contributed by atoms with Crippen LogP contribution in [0.15, 0.2) is 12.4 Å². The lowest BCUT2D eigenvalue weighted by atomic mass is 10.2. The Bertz CT molecular complexity index is 214. The molecule has 4 N–H and O–H groups in total. The zero-order valence-corrected chi connectivity index (χ0v) is 7.96. The van der Waals surface area contributed by atoms with Gasteiger partial charge in [-0.15, -0.1) is 9.35 Å². The smallest absolute Gasteiger partial charge is 0.232 e. The number of unbranched alkanes of at least 4 members (excludes halogenated alkanes) is 1. The van der Waals surface area contributed by atoms with Crippen molar-refractivity contribution in [3.63, 3.8) is 0 Å². The lowest BCUT2D eigenvalue weighted by Crippen LogP contribution is -3.00. The summed E-state index contributed by atoms with van der Waals surface area (Å²) in [5.41, 5.74) is 0. The number of nitrogens with zero attached hydrogens (tertiary/aromatic N) is 2. The summed E-state index contributed by atoms with van der Waals surface area (Å²) >= 11 is 0. The van der Waals surface area contributed by atoms with Gasteiger partial charge in [0.15, 0.2) is 12.4 Å². The molecule has 4 nitrogen and oxygen atoms in total. The second kappa shape index (κ2) is 4.87. The molecule has 0 radical (unpaired) electrons. The summed E-state index contributed by atoms with van der Waals surface area (Å²) in [6.45, 7) is 2.14. The van der Waals surface area contributed by atoms with Crippen LogP contribution in [0.1, 0.15) is 25.6 Å². The van der Waals surface area contributed by atoms with E-state index in [1.807, 2.05) is 0 Å². The fraction of sp³-hybridized carbons (Fsp3) is 0.571. The summed E-state index contributed by atoms with van der Waals surface area (Å²) in [5.74, 6) is 12.2. The van der Waals surface area contributed by atoms with Crippen LogP contribution in [0.2, 0.25) is 0 Å². The van der Waals surface area contributed by atoms with Crippen LogP contribution < -0.4 is 24.1 Å². The molecule has 0 unspecified atom stereocenters. The summed E-state index contributed by atoms with van der Waals surface area (Å²) in [6, 6.07) is 0. The highest BCUT2D eigenvalue weighted by molar-refractivity contribution is 4.96. The SMILES string of the molecule is CCCC[c+]1n(N)ccn1N.[Cl-]. The van der Waals surface area contributed by atoms with Crippen LogP contribution in [0.5, 0.6) is 0 Å². The molecule has 0 fully saturated rings. The number of halogens is 1. The van der Waals surface area contributed by atoms with Gasteiger partial charge in [0.2, 0.25) is 5.82 Å². The Hall–Kier alpha value is -0.900. The number of aromatic nitrogens is 2. The molecule has 0 saturated heterocycles. The quantitative estimate of drug-likeness (QED) is 0.404. The normalized spacial score (nSPS) is 9.42. The first kappa shape index (κ1) is 11.1. The number of imidazole rings is 1. The van der Waals surface area contributed by atoms with E-state index in [4.69, 9.17) is 11.7 Å². The Morgan fingerprint density at radius 3 is 2.17 bits per heavy atom. The van der Waals surface area contributed by atoms with Gasteiger partial charge >= 0.3 is 0 Å². The molecule has 0 saturated carbocycles. The Balaban J connectivity index is 0.00000121. The summed E-state index contributed by atoms with van der Waals surface area (Å²) in [6.07, 6.45) is 6.73. The predicted octanol–water partition coefficient (Wildman–Crippen LogP) is -2.66. The number of hydrogen-bond acceptors (Lipinski definition) is 2. The fourth-order valence-electron chi connectivity index (χ4n) is 1.04. The molecule has 1 aromatic rings. The number of hydrogen-bond donors (Lipinski definition) is 2. The van der Waals surface area contributed by atoms with Crippen LogP contribution in [-0.2, 0) is 6.42 Å². The fourth-order valence-corrected chi connectivity index (χ4v) is 1.04. The van der Waals surface area contributed by atoms with E-state index in [1.54, 1.807) is 21.7 Å². The second-order valence-electron chi connectivity index (χ2n) is 2.63. The van der Waals surface area contributed by atoms with Crippen molar-refractivity contribution in [3.8, 4) is 0 Å². The molecule has 0 aliphatic carbocycles. The van der Waals surface area contributed by atoms with Crippen LogP contribution in [0.4, 0.5) is 0 Å². The van der Waals surface area contributed by atoms with Gasteiger partial charge in [0.05, 0.1) is 6.42 Å². The van der Waals surface area contributed by atoms with Gasteiger partial charge in [-0.05, 0) is 6.42 Å². The first-order valence-electron chi connectivity index (χ1n) is 3.87. The van der Waals surface area contributed by atoms with E-state index in [1.165, 1.54) is 0 Å². The van der Waals surface area contributed by atoms with Crippen LogP contribution >= 0.6 is 0 Å². The van der Waals surface area contributed by atoms with E-state index in [0.29, 0.717) is 0 Å². The van der Waals surface area contributed by atoms with E-state index < -0.39 is 0 Å². The van der Waals surface area contributed by atoms with Crippen molar-refractivity contribution < 1.29 is 12.4 Å². The maximum Gasteiger partial charge on any atom is 0.232 e. The molecule has 0 amide bonds. The molecular weight excluding hydrogens is 176 g/mol. The third kappa shape index (κ3) is 2.30. The van der Waals surface area contributed by atoms with E-state index in [9.17, 15) is 0 Å². The first-order valence-corrected chi connectivity index (χ1v) is 3.87. The number of nitrogen functional groups attached to an aromatic ring is 2. The van der Waals surface area contributed by atoms with Crippen molar-refractivity contribution >= 4 is 0 Å². The molecule has 0 atom stereocenters. The first-order chi connectivity index (χ1) is 5.25. The van der Waals surface area contributed by atoms with Gasteiger partial charge in [-0.1, -0.05) is 13.3 Å². The highest BCUT2D eigenvalue weighted by Gasteiger charge is 2.09. The average Bonchev–Trinajstić information content (AvgIpc) is 2.29. The van der Waals surface area contributed by atoms with Gasteiger partial charge in [0.25, 0.3) is 0 Å². The van der Waals surface area contributed by atoms with Gasteiger partial charge in [-0.25, -0.2) is 0 Å². The van der Waals surface area contributed by atoms with Crippen LogP contribution in [-0.4, -0.2) is 9.35 Å². The summed E-state index contributed by atoms with van der Waals surface area (Å²) < 4.78 is 3.13. The minimum absolute atomic E-state index is 0. The summed E-state index contributed by atoms with van der Waals surface area (Å²) in [4.78, 5) is 0. The van der Waals surface area contributed by atoms with Crippen molar-refractivity contribution in [2.75, 3.05) is 11.7 Å². The maximum atomic E-state index is 5.60. The zero-order chi connectivity index (χ0) is 8.27. The average molecular weight is 191 g/mol. The van der Waals surface area contributed by atoms with Crippen LogP contribution in [0, 0.1) is 0 Å². The van der Waals surface area contributed by atoms with E-state index >= 15 is 0 Å². The lowest BCUT2D eigenvalue weighted by Gasteiger charge is -1.96. The minimum atomic E-state index is 0. The molecule has 0 spiro atoms. The molecule has 70 valence electrons. The van der Waals surface area contributed by atoms with Crippen molar-refractivity contribution in [1.29, 1.82) is 0 Å². The van der Waals surface area contributed by atoms with E-state index in [0.717, 1.165) is 25.1 Å². The molecule has 0 bridgehead atoms. The molecule has 1 aromatic heterocycles. The molecule has 0 aliphatic rings.